The van der Waals surface area contributed by atoms with Gasteiger partial charge in [0.25, 0.3) is 0 Å². The van der Waals surface area contributed by atoms with Crippen molar-refractivity contribution in [2.75, 3.05) is 19.6 Å². The fourth-order valence-corrected chi connectivity index (χ4v) is 17.7. The van der Waals surface area contributed by atoms with E-state index in [9.17, 15) is 0 Å². The molecule has 0 unspecified atom stereocenters. The molecule has 0 atom stereocenters. The van der Waals surface area contributed by atoms with Gasteiger partial charge in [0.1, 0.15) is 5.82 Å². The Labute approximate surface area is 578 Å². The van der Waals surface area contributed by atoms with Crippen LogP contribution in [0.1, 0.15) is 99.9 Å². The number of benzene rings is 13. The molecule has 7 heteroatoms. The Balaban J connectivity index is 1.03. The monoisotopic (exact) mass is 1280 g/mol. The Hall–Kier alpha value is -11.8. The Morgan fingerprint density at radius 2 is 0.515 bits per heavy atom. The van der Waals surface area contributed by atoms with Gasteiger partial charge in [-0.1, -0.05) is 292 Å². The van der Waals surface area contributed by atoms with E-state index < -0.39 is 0 Å². The predicted molar refractivity (Wildman–Crippen MR) is 412 cm³/mol. The minimum Gasteiger partial charge on any atom is -0.306 e. The lowest BCUT2D eigenvalue weighted by molar-refractivity contribution is 0.628. The summed E-state index contributed by atoms with van der Waals surface area (Å²) in [5.41, 5.74) is 24.8. The first-order valence-corrected chi connectivity index (χ1v) is 34.8. The van der Waals surface area contributed by atoms with E-state index in [0.717, 1.165) is 119 Å². The molecule has 0 saturated heterocycles. The van der Waals surface area contributed by atoms with Crippen LogP contribution < -0.4 is 19.6 Å². The molecule has 0 aliphatic carbocycles. The molecule has 0 bridgehead atoms. The second-order valence-electron chi connectivity index (χ2n) is 29.3. The predicted octanol–water partition coefficient (Wildman–Crippen LogP) is 24.5. The van der Waals surface area contributed by atoms with E-state index in [1.807, 2.05) is 0 Å². The van der Waals surface area contributed by atoms with Crippen molar-refractivity contribution < 1.29 is 0 Å². The van der Waals surface area contributed by atoms with E-state index in [1.165, 1.54) is 55.3 Å². The van der Waals surface area contributed by atoms with Crippen LogP contribution in [0.3, 0.4) is 0 Å². The highest BCUT2D eigenvalue weighted by Crippen LogP contribution is 2.66. The van der Waals surface area contributed by atoms with E-state index in [0.29, 0.717) is 0 Å². The Morgan fingerprint density at radius 3 is 0.869 bits per heavy atom. The van der Waals surface area contributed by atoms with Crippen molar-refractivity contribution in [2.45, 2.75) is 77.0 Å². The molecular formula is C92H73N7. The summed E-state index contributed by atoms with van der Waals surface area (Å²) in [6.45, 7) is 19.1. The van der Waals surface area contributed by atoms with E-state index in [1.54, 1.807) is 0 Å². The topological polar surface area (TPSA) is 43.7 Å². The van der Waals surface area contributed by atoms with Gasteiger partial charge in [-0.25, -0.2) is 9.97 Å². The van der Waals surface area contributed by atoms with Crippen molar-refractivity contribution in [3.8, 4) is 28.2 Å². The average molecular weight is 1280 g/mol. The third kappa shape index (κ3) is 8.25. The van der Waals surface area contributed by atoms with Crippen LogP contribution in [0.4, 0.5) is 68.5 Å². The number of fused-ring (bicyclic) bond motifs is 14. The average Bonchev–Trinajstić information content (AvgIpc) is 0.897. The molecule has 476 valence electrons. The minimum absolute atomic E-state index is 0.376. The Bertz CT molecular complexity index is 5420. The summed E-state index contributed by atoms with van der Waals surface area (Å²) in [6, 6.07) is 110. The van der Waals surface area contributed by atoms with Gasteiger partial charge < -0.3 is 9.80 Å². The van der Waals surface area contributed by atoms with Gasteiger partial charge >= 0.3 is 0 Å². The quantitative estimate of drug-likeness (QED) is 0.148. The molecule has 19 rings (SSSR count). The first kappa shape index (κ1) is 58.5. The second kappa shape index (κ2) is 21.3. The van der Waals surface area contributed by atoms with Gasteiger partial charge in [-0.05, 0) is 122 Å². The third-order valence-electron chi connectivity index (χ3n) is 22.5. The molecule has 4 aliphatic heterocycles. The first-order chi connectivity index (χ1) is 48.2. The molecule has 99 heavy (non-hydrogen) atoms. The second-order valence-corrected chi connectivity index (χ2v) is 29.3. The summed E-state index contributed by atoms with van der Waals surface area (Å²) in [5.74, 6) is 2.43. The summed E-state index contributed by atoms with van der Waals surface area (Å²) >= 11 is 0. The summed E-state index contributed by atoms with van der Waals surface area (Å²) in [7, 11) is 0. The van der Waals surface area contributed by atoms with Gasteiger partial charge in [-0.2, -0.15) is 0 Å². The van der Waals surface area contributed by atoms with E-state index >= 15 is 0 Å². The van der Waals surface area contributed by atoms with Gasteiger partial charge in [0.2, 0.25) is 0 Å². The molecule has 0 saturated carbocycles. The molecule has 2 aromatic heterocycles. The van der Waals surface area contributed by atoms with Crippen LogP contribution in [0, 0.1) is 0 Å². The number of anilines is 12. The van der Waals surface area contributed by atoms with Crippen LogP contribution in [0.15, 0.2) is 297 Å². The minimum atomic E-state index is -0.387. The van der Waals surface area contributed by atoms with Gasteiger partial charge in [0.05, 0.1) is 67.9 Å². The van der Waals surface area contributed by atoms with Crippen LogP contribution in [0.2, 0.25) is 0 Å². The van der Waals surface area contributed by atoms with Gasteiger partial charge in [-0.3, -0.25) is 14.4 Å². The number of para-hydroxylation sites is 9. The van der Waals surface area contributed by atoms with Crippen molar-refractivity contribution in [1.29, 1.82) is 0 Å². The highest BCUT2D eigenvalue weighted by atomic mass is 15.3. The van der Waals surface area contributed by atoms with Crippen molar-refractivity contribution in [1.82, 2.24) is 14.5 Å². The summed E-state index contributed by atoms with van der Waals surface area (Å²) in [5, 5.41) is 4.65. The van der Waals surface area contributed by atoms with Crippen LogP contribution in [-0.4, -0.2) is 14.5 Å². The highest BCUT2D eigenvalue weighted by Gasteiger charge is 2.48. The zero-order valence-electron chi connectivity index (χ0n) is 56.9. The summed E-state index contributed by atoms with van der Waals surface area (Å²) < 4.78 is 2.39. The molecule has 15 aromatic rings. The maximum Gasteiger partial charge on any atom is 0.165 e. The fraction of sp³-hybridized carbons (Fsp3) is 0.130. The first-order valence-electron chi connectivity index (χ1n) is 34.8. The van der Waals surface area contributed by atoms with E-state index in [-0.39, 0.29) is 21.7 Å². The maximum absolute atomic E-state index is 6.75. The van der Waals surface area contributed by atoms with Crippen molar-refractivity contribution in [2.24, 2.45) is 0 Å². The Kier molecular flexibility index (Phi) is 12.6. The molecule has 0 spiro atoms. The van der Waals surface area contributed by atoms with Crippen molar-refractivity contribution in [3.63, 3.8) is 0 Å². The molecule has 0 amide bonds. The standard InChI is InChI=1S/C92H73N7/c1-89(2)65-38-16-24-46-73(65)96(74-47-25-17-39-66(74)89)84-81(58-54-56-59(57-55-58)86-93-82-63-36-14-12-34-61(63)62-35-13-15-37-64(62)83(82)95(86)60-32-10-9-11-33-60)85(97-75-48-26-18-40-67(75)90(3,4)68-41-19-27-49-76(68)97)88(99-79-52-30-22-44-71(79)92(7,8)72-45-23-31-53-80(72)99)94-87(84)98-77-50-28-20-42-69(77)91(5,6)70-43-21-29-51-78(70)98/h9-57H,1-8H3. The summed E-state index contributed by atoms with van der Waals surface area (Å²) in [4.78, 5) is 22.8. The molecular weight excluding hydrogens is 1200 g/mol. The lowest BCUT2D eigenvalue weighted by Crippen LogP contribution is -2.36. The molecule has 0 fully saturated rings. The van der Waals surface area contributed by atoms with E-state index in [2.05, 4.69) is 377 Å². The maximum atomic E-state index is 6.75. The SMILES string of the molecule is CC1(C)c2ccccc2N(c2nc(N3c4ccccc4C(C)(C)c4ccccc43)c(N3c4ccccc4C(C)(C)c4ccccc43)c(-c3ccc(-c4nc5c6ccccc6c6ccccc6c5n4-c4ccccc4)cc3)c2N2c3ccccc3C(C)(C)c3ccccc32)c2ccccc21. The van der Waals surface area contributed by atoms with Gasteiger partial charge in [-0.15, -0.1) is 0 Å². The van der Waals surface area contributed by atoms with Crippen molar-refractivity contribution >= 4 is 101 Å². The lowest BCUT2D eigenvalue weighted by Gasteiger charge is -2.48. The molecule has 13 aromatic carbocycles. The molecule has 0 N–H and O–H groups in total. The number of pyridine rings is 1. The highest BCUT2D eigenvalue weighted by molar-refractivity contribution is 6.24. The lowest BCUT2D eigenvalue weighted by atomic mass is 9.72. The number of rotatable bonds is 7. The molecule has 4 aliphatic rings. The van der Waals surface area contributed by atoms with Crippen LogP contribution in [-0.2, 0) is 21.7 Å². The number of imidazole rings is 1. The molecule has 6 heterocycles. The molecule has 0 radical (unpaired) electrons. The van der Waals surface area contributed by atoms with Crippen LogP contribution in [0.25, 0.3) is 60.8 Å². The zero-order chi connectivity index (χ0) is 66.8. The van der Waals surface area contributed by atoms with Gasteiger partial charge in [0, 0.05) is 49.2 Å². The normalized spacial score (nSPS) is 15.5. The third-order valence-corrected chi connectivity index (χ3v) is 22.5. The van der Waals surface area contributed by atoms with Gasteiger partial charge in [0.15, 0.2) is 11.6 Å². The van der Waals surface area contributed by atoms with Crippen molar-refractivity contribution in [3.05, 3.63) is 342 Å². The zero-order valence-corrected chi connectivity index (χ0v) is 56.9. The van der Waals surface area contributed by atoms with Crippen LogP contribution >= 0.6 is 0 Å². The molecule has 7 nitrogen and oxygen atoms in total. The smallest absolute Gasteiger partial charge is 0.165 e. The summed E-state index contributed by atoms with van der Waals surface area (Å²) in [6.07, 6.45) is 0. The number of nitrogens with zero attached hydrogens (tertiary/aromatic N) is 7. The van der Waals surface area contributed by atoms with E-state index in [4.69, 9.17) is 9.97 Å². The largest absolute Gasteiger partial charge is 0.306 e. The number of aromatic nitrogens is 3. The Morgan fingerprint density at radius 1 is 0.242 bits per heavy atom. The fourth-order valence-electron chi connectivity index (χ4n) is 17.7. The number of hydrogen-bond donors (Lipinski definition) is 0. The number of hydrogen-bond acceptors (Lipinski definition) is 6. The van der Waals surface area contributed by atoms with Crippen LogP contribution in [0.5, 0.6) is 0 Å².